The minimum Gasteiger partial charge on any atom is -0.395 e. The van der Waals surface area contributed by atoms with Crippen molar-refractivity contribution in [2.24, 2.45) is 5.92 Å². The van der Waals surface area contributed by atoms with Gasteiger partial charge in [0.2, 0.25) is 5.91 Å². The molecule has 1 aromatic rings. The predicted molar refractivity (Wildman–Crippen MR) is 85.6 cm³/mol. The molecule has 1 atom stereocenters. The van der Waals surface area contributed by atoms with Gasteiger partial charge in [-0.15, -0.1) is 0 Å². The van der Waals surface area contributed by atoms with Gasteiger partial charge in [0.05, 0.1) is 6.61 Å². The molecule has 0 saturated carbocycles. The summed E-state index contributed by atoms with van der Waals surface area (Å²) >= 11 is 0. The number of amides is 1. The van der Waals surface area contributed by atoms with Crippen molar-refractivity contribution in [3.05, 3.63) is 24.3 Å². The molecule has 1 saturated heterocycles. The van der Waals surface area contributed by atoms with Crippen LogP contribution in [0.3, 0.4) is 0 Å². The van der Waals surface area contributed by atoms with Crippen molar-refractivity contribution in [3.8, 4) is 0 Å². The smallest absolute Gasteiger partial charge is 0.224 e. The minimum atomic E-state index is 0.0826. The average Bonchev–Trinajstić information content (AvgIpc) is 2.98. The van der Waals surface area contributed by atoms with Gasteiger partial charge in [-0.25, -0.2) is 0 Å². The van der Waals surface area contributed by atoms with Crippen LogP contribution in [0.25, 0.3) is 0 Å². The number of hydrogen-bond acceptors (Lipinski definition) is 4. The van der Waals surface area contributed by atoms with Crippen molar-refractivity contribution < 1.29 is 9.90 Å². The molecular weight excluding hydrogens is 266 g/mol. The van der Waals surface area contributed by atoms with Crippen LogP contribution in [0.15, 0.2) is 24.3 Å². The van der Waals surface area contributed by atoms with Gasteiger partial charge < -0.3 is 20.6 Å². The molecule has 1 amide bonds. The molecule has 1 aromatic carbocycles. The highest BCUT2D eigenvalue weighted by Crippen LogP contribution is 2.19. The fourth-order valence-corrected chi connectivity index (χ4v) is 2.71. The summed E-state index contributed by atoms with van der Waals surface area (Å²) < 4.78 is 0. The first-order valence-corrected chi connectivity index (χ1v) is 7.69. The molecule has 1 aliphatic rings. The van der Waals surface area contributed by atoms with Crippen LogP contribution in [0.4, 0.5) is 11.4 Å². The lowest BCUT2D eigenvalue weighted by Crippen LogP contribution is -2.26. The number of rotatable bonds is 7. The number of benzene rings is 1. The van der Waals surface area contributed by atoms with E-state index in [2.05, 4.69) is 22.5 Å². The Balaban J connectivity index is 1.87. The Kier molecular flexibility index (Phi) is 6.02. The Hall–Kier alpha value is -1.59. The van der Waals surface area contributed by atoms with Crippen molar-refractivity contribution in [1.29, 1.82) is 0 Å². The molecule has 0 bridgehead atoms. The number of anilines is 2. The summed E-state index contributed by atoms with van der Waals surface area (Å²) in [6.45, 7) is 5.63. The minimum absolute atomic E-state index is 0.0826. The number of carbonyl (C=O) groups is 1. The summed E-state index contributed by atoms with van der Waals surface area (Å²) in [5.41, 5.74) is 1.89. The number of nitrogens with zero attached hydrogens (tertiary/aromatic N) is 1. The van der Waals surface area contributed by atoms with E-state index < -0.39 is 0 Å². The third-order valence-electron chi connectivity index (χ3n) is 3.90. The lowest BCUT2D eigenvalue weighted by atomic mass is 10.0. The Bertz CT molecular complexity index is 441. The SMILES string of the molecule is CCN(CCO)c1ccc(NC(=O)CC2CCNC2)cc1. The molecule has 1 unspecified atom stereocenters. The van der Waals surface area contributed by atoms with E-state index in [9.17, 15) is 4.79 Å². The molecule has 5 nitrogen and oxygen atoms in total. The van der Waals surface area contributed by atoms with Crippen LogP contribution in [-0.4, -0.2) is 43.8 Å². The van der Waals surface area contributed by atoms with E-state index in [4.69, 9.17) is 5.11 Å². The van der Waals surface area contributed by atoms with Crippen LogP contribution in [0.5, 0.6) is 0 Å². The molecule has 2 rings (SSSR count). The van der Waals surface area contributed by atoms with E-state index in [0.717, 1.165) is 37.4 Å². The summed E-state index contributed by atoms with van der Waals surface area (Å²) in [4.78, 5) is 14.1. The van der Waals surface area contributed by atoms with E-state index in [0.29, 0.717) is 18.9 Å². The molecule has 3 N–H and O–H groups in total. The molecule has 1 aliphatic heterocycles. The maximum absolute atomic E-state index is 12.0. The Morgan fingerprint density at radius 1 is 1.43 bits per heavy atom. The molecule has 0 aliphatic carbocycles. The van der Waals surface area contributed by atoms with E-state index in [1.807, 2.05) is 24.3 Å². The molecule has 5 heteroatoms. The molecule has 0 radical (unpaired) electrons. The Labute approximate surface area is 126 Å². The Morgan fingerprint density at radius 2 is 2.19 bits per heavy atom. The second-order valence-electron chi connectivity index (χ2n) is 5.46. The van der Waals surface area contributed by atoms with Gasteiger partial charge in [0.25, 0.3) is 0 Å². The van der Waals surface area contributed by atoms with Crippen LogP contribution in [0, 0.1) is 5.92 Å². The highest BCUT2D eigenvalue weighted by molar-refractivity contribution is 5.91. The molecule has 1 fully saturated rings. The number of aliphatic hydroxyl groups is 1. The van der Waals surface area contributed by atoms with Gasteiger partial charge in [0, 0.05) is 30.9 Å². The third-order valence-corrected chi connectivity index (χ3v) is 3.90. The van der Waals surface area contributed by atoms with Crippen molar-refractivity contribution in [3.63, 3.8) is 0 Å². The van der Waals surface area contributed by atoms with Crippen LogP contribution in [0.1, 0.15) is 19.8 Å². The highest BCUT2D eigenvalue weighted by Gasteiger charge is 2.18. The van der Waals surface area contributed by atoms with Crippen molar-refractivity contribution >= 4 is 17.3 Å². The number of aliphatic hydroxyl groups excluding tert-OH is 1. The maximum atomic E-state index is 12.0. The second-order valence-corrected chi connectivity index (χ2v) is 5.46. The quantitative estimate of drug-likeness (QED) is 0.711. The van der Waals surface area contributed by atoms with E-state index in [-0.39, 0.29) is 12.5 Å². The molecular formula is C16H25N3O2. The summed E-state index contributed by atoms with van der Waals surface area (Å²) in [7, 11) is 0. The molecule has 0 aromatic heterocycles. The highest BCUT2D eigenvalue weighted by atomic mass is 16.3. The summed E-state index contributed by atoms with van der Waals surface area (Å²) in [5, 5.41) is 15.3. The standard InChI is InChI=1S/C16H25N3O2/c1-2-19(9-10-20)15-5-3-14(4-6-15)18-16(21)11-13-7-8-17-12-13/h3-6,13,17,20H,2,7-12H2,1H3,(H,18,21). The zero-order valence-electron chi connectivity index (χ0n) is 12.6. The number of likely N-dealkylation sites (N-methyl/N-ethyl adjacent to an activating group) is 1. The fourth-order valence-electron chi connectivity index (χ4n) is 2.71. The monoisotopic (exact) mass is 291 g/mol. The van der Waals surface area contributed by atoms with Crippen LogP contribution in [0.2, 0.25) is 0 Å². The van der Waals surface area contributed by atoms with Gasteiger partial charge in [-0.3, -0.25) is 4.79 Å². The first-order valence-electron chi connectivity index (χ1n) is 7.69. The van der Waals surface area contributed by atoms with Gasteiger partial charge in [-0.05, 0) is 56.6 Å². The van der Waals surface area contributed by atoms with Crippen molar-refractivity contribution in [2.75, 3.05) is 43.0 Å². The maximum Gasteiger partial charge on any atom is 0.224 e. The number of nitrogens with one attached hydrogen (secondary N) is 2. The summed E-state index contributed by atoms with van der Waals surface area (Å²) in [5.74, 6) is 0.545. The molecule has 116 valence electrons. The molecule has 1 heterocycles. The predicted octanol–water partition coefficient (Wildman–Crippen LogP) is 1.44. The van der Waals surface area contributed by atoms with Crippen molar-refractivity contribution in [1.82, 2.24) is 5.32 Å². The Morgan fingerprint density at radius 3 is 2.76 bits per heavy atom. The first kappa shape index (κ1) is 15.8. The van der Waals surface area contributed by atoms with Crippen LogP contribution < -0.4 is 15.5 Å². The lowest BCUT2D eigenvalue weighted by Gasteiger charge is -2.22. The molecule has 21 heavy (non-hydrogen) atoms. The largest absolute Gasteiger partial charge is 0.395 e. The fraction of sp³-hybridized carbons (Fsp3) is 0.562. The summed E-state index contributed by atoms with van der Waals surface area (Å²) in [6.07, 6.45) is 1.67. The number of carbonyl (C=O) groups excluding carboxylic acids is 1. The zero-order valence-corrected chi connectivity index (χ0v) is 12.6. The number of hydrogen-bond donors (Lipinski definition) is 3. The van der Waals surface area contributed by atoms with Crippen molar-refractivity contribution in [2.45, 2.75) is 19.8 Å². The van der Waals surface area contributed by atoms with Gasteiger partial charge in [-0.2, -0.15) is 0 Å². The van der Waals surface area contributed by atoms with E-state index in [1.54, 1.807) is 0 Å². The normalized spacial score (nSPS) is 17.7. The van der Waals surface area contributed by atoms with Crippen LogP contribution >= 0.6 is 0 Å². The second kappa shape index (κ2) is 8.00. The summed E-state index contributed by atoms with van der Waals surface area (Å²) in [6, 6.07) is 7.79. The zero-order chi connectivity index (χ0) is 15.1. The first-order chi connectivity index (χ1) is 10.2. The van der Waals surface area contributed by atoms with Gasteiger partial charge in [0.1, 0.15) is 0 Å². The average molecular weight is 291 g/mol. The third kappa shape index (κ3) is 4.72. The van der Waals surface area contributed by atoms with Gasteiger partial charge in [0.15, 0.2) is 0 Å². The van der Waals surface area contributed by atoms with Gasteiger partial charge >= 0.3 is 0 Å². The topological polar surface area (TPSA) is 64.6 Å². The molecule has 0 spiro atoms. The van der Waals surface area contributed by atoms with E-state index >= 15 is 0 Å². The lowest BCUT2D eigenvalue weighted by molar-refractivity contribution is -0.116. The van der Waals surface area contributed by atoms with Gasteiger partial charge in [-0.1, -0.05) is 0 Å². The van der Waals surface area contributed by atoms with Crippen LogP contribution in [-0.2, 0) is 4.79 Å². The van der Waals surface area contributed by atoms with E-state index in [1.165, 1.54) is 0 Å².